The number of likely N-dealkylation sites (N-methyl/N-ethyl adjacent to an activating group) is 1. The van der Waals surface area contributed by atoms with E-state index in [1.54, 1.807) is 0 Å². The lowest BCUT2D eigenvalue weighted by Crippen LogP contribution is -2.44. The van der Waals surface area contributed by atoms with Gasteiger partial charge >= 0.3 is 11.9 Å². The number of carbonyl (C=O) groups excluding carboxylic acids is 3. The summed E-state index contributed by atoms with van der Waals surface area (Å²) in [5.41, 5.74) is 0. The predicted octanol–water partition coefficient (Wildman–Crippen LogP) is 24.1. The smallest absolute Gasteiger partial charge is 0.306 e. The van der Waals surface area contributed by atoms with Crippen LogP contribution in [0.3, 0.4) is 0 Å². The largest absolute Gasteiger partial charge is 0.545 e. The van der Waals surface area contributed by atoms with E-state index in [0.717, 1.165) is 167 Å². The number of carbonyl (C=O) groups is 3. The molecule has 0 rings (SSSR count). The minimum atomic E-state index is -1.64. The Morgan fingerprint density at radius 1 is 0.303 bits per heavy atom. The Labute approximate surface area is 607 Å². The van der Waals surface area contributed by atoms with Crippen LogP contribution < -0.4 is 5.11 Å². The first-order valence-electron chi connectivity index (χ1n) is 39.2. The van der Waals surface area contributed by atoms with Crippen LogP contribution in [0.15, 0.2) is 207 Å². The summed E-state index contributed by atoms with van der Waals surface area (Å²) in [5.74, 6) is -2.32. The van der Waals surface area contributed by atoms with E-state index in [1.165, 1.54) is 83.5 Å². The zero-order chi connectivity index (χ0) is 71.8. The first kappa shape index (κ1) is 92.9. The fraction of sp³-hybridized carbons (Fsp3) is 0.589. The molecule has 0 radical (unpaired) electrons. The Bertz CT molecular complexity index is 2390. The molecule has 0 aliphatic carbocycles. The molecule has 9 nitrogen and oxygen atoms in total. The Balaban J connectivity index is 4.16. The molecule has 0 saturated carbocycles. The van der Waals surface area contributed by atoms with Gasteiger partial charge in [0.05, 0.1) is 40.3 Å². The van der Waals surface area contributed by atoms with Crippen LogP contribution in [0, 0.1) is 0 Å². The molecule has 0 aromatic carbocycles. The second-order valence-electron chi connectivity index (χ2n) is 26.5. The quantitative estimate of drug-likeness (QED) is 0.0195. The van der Waals surface area contributed by atoms with E-state index in [4.69, 9.17) is 18.9 Å². The summed E-state index contributed by atoms with van der Waals surface area (Å²) in [6.45, 7) is 4.49. The van der Waals surface area contributed by atoms with Gasteiger partial charge in [0, 0.05) is 12.8 Å². The molecule has 2 atom stereocenters. The molecule has 0 aromatic rings. The van der Waals surface area contributed by atoms with Gasteiger partial charge in [0.2, 0.25) is 0 Å². The highest BCUT2D eigenvalue weighted by atomic mass is 16.7. The normalized spacial score (nSPS) is 13.8. The van der Waals surface area contributed by atoms with Crippen molar-refractivity contribution < 1.29 is 42.9 Å². The van der Waals surface area contributed by atoms with Gasteiger partial charge in [-0.3, -0.25) is 9.59 Å². The van der Waals surface area contributed by atoms with Crippen LogP contribution >= 0.6 is 0 Å². The number of nitrogens with zero attached hydrogens (tertiary/aromatic N) is 1. The van der Waals surface area contributed by atoms with Crippen LogP contribution in [-0.4, -0.2) is 82.3 Å². The molecule has 0 spiro atoms. The maximum absolute atomic E-state index is 13.0. The van der Waals surface area contributed by atoms with Gasteiger partial charge in [-0.1, -0.05) is 330 Å². The second-order valence-corrected chi connectivity index (χ2v) is 26.5. The van der Waals surface area contributed by atoms with Crippen molar-refractivity contribution in [1.29, 1.82) is 0 Å². The molecule has 0 aromatic heterocycles. The topological polar surface area (TPSA) is 111 Å². The van der Waals surface area contributed by atoms with Crippen molar-refractivity contribution in [2.75, 3.05) is 47.5 Å². The molecule has 2 unspecified atom stereocenters. The molecule has 99 heavy (non-hydrogen) atoms. The van der Waals surface area contributed by atoms with E-state index in [0.29, 0.717) is 17.4 Å². The lowest BCUT2D eigenvalue weighted by molar-refractivity contribution is -0.870. The average molecular weight is 1370 g/mol. The standard InChI is InChI=1S/C90H143NO8/c1-6-8-10-12-14-16-18-20-22-24-26-28-30-32-34-36-38-40-42-44-46-48-50-52-54-56-58-60-62-64-66-68-70-72-74-76-78-80-87(92)97-84-86(85-98-90(89(94)95)96-83-82-91(3,4)5)99-88(93)81-79-77-75-73-71-69-67-65-63-61-59-57-55-53-51-49-47-45-43-41-39-37-35-33-31-29-27-25-23-21-19-17-15-13-11-9-7-2/h8-11,14-17,20-23,26-29,32-35,38-41,44-47,51,53,57,59,63,65,86,90H,6-7,12-13,18-19,24-25,30-31,36-37,42-43,48-50,52,54-56,58,60-62,64,66-85H2,1-5H3/b10-8-,11-9-,16-14-,17-15-,22-20-,23-21-,28-26-,29-27-,34-32-,35-33-,40-38-,41-39-,46-44-,47-45-,53-51-,59-57-,65-63-. The van der Waals surface area contributed by atoms with Crippen LogP contribution in [0.2, 0.25) is 0 Å². The summed E-state index contributed by atoms with van der Waals surface area (Å²) in [7, 11) is 5.92. The van der Waals surface area contributed by atoms with Gasteiger partial charge in [-0.15, -0.1) is 0 Å². The van der Waals surface area contributed by atoms with Gasteiger partial charge in [-0.05, 0) is 148 Å². The molecular formula is C90H143NO8. The summed E-state index contributed by atoms with van der Waals surface area (Å²) in [4.78, 5) is 37.6. The number of allylic oxidation sites excluding steroid dienone is 34. The maximum Gasteiger partial charge on any atom is 0.306 e. The molecule has 9 heteroatoms. The van der Waals surface area contributed by atoms with Crippen molar-refractivity contribution in [1.82, 2.24) is 0 Å². The number of rotatable bonds is 70. The monoisotopic (exact) mass is 1370 g/mol. The van der Waals surface area contributed by atoms with E-state index in [1.807, 2.05) is 21.1 Å². The lowest BCUT2D eigenvalue weighted by Gasteiger charge is -2.26. The number of carboxylic acids is 1. The molecule has 0 N–H and O–H groups in total. The van der Waals surface area contributed by atoms with E-state index in [2.05, 4.69) is 220 Å². The van der Waals surface area contributed by atoms with Crippen molar-refractivity contribution >= 4 is 17.9 Å². The van der Waals surface area contributed by atoms with Crippen molar-refractivity contribution in [2.24, 2.45) is 0 Å². The number of ether oxygens (including phenoxy) is 4. The van der Waals surface area contributed by atoms with Gasteiger partial charge in [0.1, 0.15) is 13.2 Å². The van der Waals surface area contributed by atoms with Crippen molar-refractivity contribution in [3.63, 3.8) is 0 Å². The number of esters is 2. The van der Waals surface area contributed by atoms with E-state index < -0.39 is 24.3 Å². The summed E-state index contributed by atoms with van der Waals surface area (Å²) >= 11 is 0. The Morgan fingerprint density at radius 3 is 0.808 bits per heavy atom. The molecule has 0 saturated heterocycles. The highest BCUT2D eigenvalue weighted by molar-refractivity contribution is 5.70. The van der Waals surface area contributed by atoms with Crippen molar-refractivity contribution in [3.05, 3.63) is 207 Å². The summed E-state index contributed by atoms with van der Waals surface area (Å²) in [6.07, 6.45) is 118. The number of hydrogen-bond acceptors (Lipinski definition) is 8. The van der Waals surface area contributed by atoms with E-state index in [-0.39, 0.29) is 38.6 Å². The van der Waals surface area contributed by atoms with Crippen molar-refractivity contribution in [2.45, 2.75) is 296 Å². The minimum absolute atomic E-state index is 0.135. The highest BCUT2D eigenvalue weighted by Crippen LogP contribution is 2.16. The molecule has 0 heterocycles. The van der Waals surface area contributed by atoms with Gasteiger partial charge in [-0.25, -0.2) is 0 Å². The van der Waals surface area contributed by atoms with Crippen LogP contribution in [-0.2, 0) is 33.3 Å². The summed E-state index contributed by atoms with van der Waals surface area (Å²) in [6, 6.07) is 0. The van der Waals surface area contributed by atoms with Crippen LogP contribution in [0.5, 0.6) is 0 Å². The zero-order valence-electron chi connectivity index (χ0n) is 63.5. The van der Waals surface area contributed by atoms with E-state index >= 15 is 0 Å². The van der Waals surface area contributed by atoms with Crippen LogP contribution in [0.1, 0.15) is 284 Å². The zero-order valence-corrected chi connectivity index (χ0v) is 63.5. The lowest BCUT2D eigenvalue weighted by atomic mass is 10.0. The number of quaternary nitrogens is 1. The predicted molar refractivity (Wildman–Crippen MR) is 425 cm³/mol. The third-order valence-electron chi connectivity index (χ3n) is 16.0. The van der Waals surface area contributed by atoms with Crippen LogP contribution in [0.4, 0.5) is 0 Å². The third kappa shape index (κ3) is 79.1. The fourth-order valence-corrected chi connectivity index (χ4v) is 10.1. The first-order valence-corrected chi connectivity index (χ1v) is 39.2. The number of aliphatic carboxylic acids is 1. The summed E-state index contributed by atoms with van der Waals surface area (Å²) in [5, 5.41) is 11.9. The molecule has 0 fully saturated rings. The third-order valence-corrected chi connectivity index (χ3v) is 16.0. The molecule has 556 valence electrons. The molecule has 0 aliphatic rings. The Kier molecular flexibility index (Phi) is 72.8. The van der Waals surface area contributed by atoms with E-state index in [9.17, 15) is 19.5 Å². The first-order chi connectivity index (χ1) is 48.6. The molecule has 0 bridgehead atoms. The Morgan fingerprint density at radius 2 is 0.545 bits per heavy atom. The minimum Gasteiger partial charge on any atom is -0.545 e. The SMILES string of the molecule is CC/C=C\C/C=C\C/C=C\C/C=C\C/C=C\C/C=C\C/C=C\C/C=C\C/C=C\C/C=C\CCCCCCCCC(=O)OC(COC(=O)CCCCCCCCCCCCCCCCC/C=C\C/C=C\C/C=C\C/C=C\C/C=C\C/C=C\C/C=C\CC)COC(OCC[N+](C)(C)C)C(=O)[O-]. The van der Waals surface area contributed by atoms with Gasteiger partial charge in [-0.2, -0.15) is 0 Å². The second kappa shape index (κ2) is 77.6. The highest BCUT2D eigenvalue weighted by Gasteiger charge is 2.22. The van der Waals surface area contributed by atoms with Crippen molar-refractivity contribution in [3.8, 4) is 0 Å². The summed E-state index contributed by atoms with van der Waals surface area (Å²) < 4.78 is 22.8. The van der Waals surface area contributed by atoms with Gasteiger partial charge in [0.25, 0.3) is 0 Å². The maximum atomic E-state index is 13.0. The molecular weight excluding hydrogens is 1220 g/mol. The molecule has 0 amide bonds. The molecule has 0 aliphatic heterocycles. The number of carboxylic acid groups (broad SMARTS) is 1. The van der Waals surface area contributed by atoms with Gasteiger partial charge < -0.3 is 33.3 Å². The average Bonchev–Trinajstić information content (AvgIpc) is 2.19. The fourth-order valence-electron chi connectivity index (χ4n) is 10.1. The Hall–Kier alpha value is -6.13. The van der Waals surface area contributed by atoms with Crippen LogP contribution in [0.25, 0.3) is 0 Å². The van der Waals surface area contributed by atoms with Gasteiger partial charge in [0.15, 0.2) is 12.4 Å². The number of unbranched alkanes of at least 4 members (excludes halogenated alkanes) is 21. The number of hydrogen-bond donors (Lipinski definition) is 0.